The van der Waals surface area contributed by atoms with E-state index in [9.17, 15) is 19.1 Å². The van der Waals surface area contributed by atoms with E-state index in [0.29, 0.717) is 6.42 Å². The van der Waals surface area contributed by atoms with Gasteiger partial charge in [-0.25, -0.2) is 9.18 Å². The Morgan fingerprint density at radius 3 is 2.57 bits per heavy atom. The van der Waals surface area contributed by atoms with Gasteiger partial charge in [0.15, 0.2) is 0 Å². The number of hydrogen-bond donors (Lipinski definition) is 3. The minimum Gasteiger partial charge on any atom is -0.480 e. The fraction of sp³-hybridized carbons (Fsp3) is 0.467. The van der Waals surface area contributed by atoms with E-state index in [-0.39, 0.29) is 17.9 Å². The van der Waals surface area contributed by atoms with E-state index in [0.717, 1.165) is 6.07 Å². The van der Waals surface area contributed by atoms with Gasteiger partial charge in [-0.05, 0) is 23.6 Å². The fourth-order valence-electron chi connectivity index (χ4n) is 1.92. The average molecular weight is 297 g/mol. The number of carboxylic acid groups (broad SMARTS) is 1. The van der Waals surface area contributed by atoms with Crippen LogP contribution in [0.25, 0.3) is 0 Å². The van der Waals surface area contributed by atoms with E-state index in [1.54, 1.807) is 6.92 Å². The number of benzene rings is 1. The van der Waals surface area contributed by atoms with Gasteiger partial charge in [-0.3, -0.25) is 4.79 Å². The number of nitrogens with one attached hydrogen (secondary N) is 1. The molecule has 0 fully saturated rings. The lowest BCUT2D eigenvalue weighted by Crippen LogP contribution is -2.45. The van der Waals surface area contributed by atoms with Crippen LogP contribution in [0.1, 0.15) is 38.4 Å². The van der Waals surface area contributed by atoms with Gasteiger partial charge in [0.1, 0.15) is 11.9 Å². The fourth-order valence-corrected chi connectivity index (χ4v) is 1.92. The molecule has 3 atom stereocenters. The molecule has 0 aliphatic rings. The molecule has 21 heavy (non-hydrogen) atoms. The van der Waals surface area contributed by atoms with Crippen LogP contribution >= 0.6 is 0 Å². The molecule has 1 aromatic rings. The van der Waals surface area contributed by atoms with E-state index >= 15 is 0 Å². The molecule has 0 bridgehead atoms. The summed E-state index contributed by atoms with van der Waals surface area (Å²) < 4.78 is 13.0. The van der Waals surface area contributed by atoms with E-state index < -0.39 is 29.8 Å². The van der Waals surface area contributed by atoms with Crippen LogP contribution in [0.5, 0.6) is 0 Å². The maximum absolute atomic E-state index is 13.0. The van der Waals surface area contributed by atoms with Gasteiger partial charge in [0.05, 0.1) is 12.5 Å². The maximum atomic E-state index is 13.0. The first-order chi connectivity index (χ1) is 9.85. The summed E-state index contributed by atoms with van der Waals surface area (Å²) in [5, 5.41) is 21.4. The summed E-state index contributed by atoms with van der Waals surface area (Å²) in [4.78, 5) is 22.9. The van der Waals surface area contributed by atoms with Crippen molar-refractivity contribution < 1.29 is 24.2 Å². The van der Waals surface area contributed by atoms with Gasteiger partial charge in [0.25, 0.3) is 0 Å². The lowest BCUT2D eigenvalue weighted by molar-refractivity contribution is -0.143. The minimum atomic E-state index is -1.17. The largest absolute Gasteiger partial charge is 0.480 e. The Labute approximate surface area is 122 Å². The van der Waals surface area contributed by atoms with Crippen LogP contribution in [-0.4, -0.2) is 28.1 Å². The summed E-state index contributed by atoms with van der Waals surface area (Å²) in [7, 11) is 0. The van der Waals surface area contributed by atoms with Crippen molar-refractivity contribution in [2.24, 2.45) is 5.92 Å². The Morgan fingerprint density at radius 1 is 1.38 bits per heavy atom. The topological polar surface area (TPSA) is 86.6 Å². The van der Waals surface area contributed by atoms with Crippen molar-refractivity contribution in [3.05, 3.63) is 35.6 Å². The Hall–Kier alpha value is -1.95. The number of halogens is 1. The number of rotatable bonds is 7. The highest BCUT2D eigenvalue weighted by Gasteiger charge is 2.26. The number of aliphatic carboxylic acids is 1. The Morgan fingerprint density at radius 2 is 2.05 bits per heavy atom. The second kappa shape index (κ2) is 7.73. The van der Waals surface area contributed by atoms with Crippen molar-refractivity contribution >= 4 is 11.9 Å². The quantitative estimate of drug-likeness (QED) is 0.717. The number of aliphatic hydroxyl groups is 1. The number of aliphatic hydroxyl groups excluding tert-OH is 1. The third kappa shape index (κ3) is 5.15. The molecule has 0 aromatic heterocycles. The molecule has 6 heteroatoms. The zero-order chi connectivity index (χ0) is 16.0. The first kappa shape index (κ1) is 17.1. The Balaban J connectivity index is 2.65. The molecular weight excluding hydrogens is 277 g/mol. The molecule has 116 valence electrons. The SMILES string of the molecule is CC[C@H](C)[C@H](NC(=O)CC(O)c1cccc(F)c1)C(=O)O. The van der Waals surface area contributed by atoms with Gasteiger partial charge in [0, 0.05) is 0 Å². The predicted molar refractivity (Wildman–Crippen MR) is 75.0 cm³/mol. The summed E-state index contributed by atoms with van der Waals surface area (Å²) in [6.45, 7) is 3.55. The number of carboxylic acids is 1. The predicted octanol–water partition coefficient (Wildman–Crippen LogP) is 1.86. The van der Waals surface area contributed by atoms with Gasteiger partial charge in [-0.15, -0.1) is 0 Å². The first-order valence-electron chi connectivity index (χ1n) is 6.80. The number of amides is 1. The van der Waals surface area contributed by atoms with Crippen molar-refractivity contribution in [1.29, 1.82) is 0 Å². The van der Waals surface area contributed by atoms with Crippen molar-refractivity contribution in [2.45, 2.75) is 38.8 Å². The van der Waals surface area contributed by atoms with E-state index in [2.05, 4.69) is 5.32 Å². The minimum absolute atomic E-state index is 0.224. The van der Waals surface area contributed by atoms with Crippen LogP contribution in [0.2, 0.25) is 0 Å². The van der Waals surface area contributed by atoms with Crippen LogP contribution in [0.4, 0.5) is 4.39 Å². The van der Waals surface area contributed by atoms with Gasteiger partial charge in [0.2, 0.25) is 5.91 Å². The van der Waals surface area contributed by atoms with Crippen molar-refractivity contribution in [2.75, 3.05) is 0 Å². The first-order valence-corrected chi connectivity index (χ1v) is 6.80. The van der Waals surface area contributed by atoms with Crippen LogP contribution in [0.3, 0.4) is 0 Å². The van der Waals surface area contributed by atoms with Crippen LogP contribution in [0, 0.1) is 11.7 Å². The lowest BCUT2D eigenvalue weighted by atomic mass is 9.98. The lowest BCUT2D eigenvalue weighted by Gasteiger charge is -2.21. The second-order valence-corrected chi connectivity index (χ2v) is 5.04. The van der Waals surface area contributed by atoms with Gasteiger partial charge >= 0.3 is 5.97 Å². The smallest absolute Gasteiger partial charge is 0.326 e. The highest BCUT2D eigenvalue weighted by atomic mass is 19.1. The van der Waals surface area contributed by atoms with E-state index in [1.165, 1.54) is 18.2 Å². The molecule has 1 unspecified atom stereocenters. The number of carbonyl (C=O) groups excluding carboxylic acids is 1. The van der Waals surface area contributed by atoms with Gasteiger partial charge in [-0.1, -0.05) is 32.4 Å². The van der Waals surface area contributed by atoms with Crippen molar-refractivity contribution in [3.63, 3.8) is 0 Å². The molecule has 3 N–H and O–H groups in total. The van der Waals surface area contributed by atoms with E-state index in [1.807, 2.05) is 6.92 Å². The highest BCUT2D eigenvalue weighted by molar-refractivity contribution is 5.84. The van der Waals surface area contributed by atoms with E-state index in [4.69, 9.17) is 5.11 Å². The standard InChI is InChI=1S/C15H20FNO4/c1-3-9(2)14(15(20)21)17-13(19)8-12(18)10-5-4-6-11(16)7-10/h4-7,9,12,14,18H,3,8H2,1-2H3,(H,17,19)(H,20,21)/t9-,12?,14-/m0/s1. The third-order valence-electron chi connectivity index (χ3n) is 3.41. The van der Waals surface area contributed by atoms with Crippen LogP contribution in [-0.2, 0) is 9.59 Å². The van der Waals surface area contributed by atoms with Gasteiger partial charge < -0.3 is 15.5 Å². The van der Waals surface area contributed by atoms with Gasteiger partial charge in [-0.2, -0.15) is 0 Å². The monoisotopic (exact) mass is 297 g/mol. The molecule has 1 amide bonds. The molecule has 0 heterocycles. The normalized spacial score (nSPS) is 15.0. The Bertz CT molecular complexity index is 506. The molecule has 1 aromatic carbocycles. The zero-order valence-electron chi connectivity index (χ0n) is 12.0. The molecule has 0 saturated heterocycles. The highest BCUT2D eigenvalue weighted by Crippen LogP contribution is 2.18. The summed E-state index contributed by atoms with van der Waals surface area (Å²) in [6.07, 6.45) is -0.889. The van der Waals surface area contributed by atoms with Crippen LogP contribution < -0.4 is 5.32 Å². The van der Waals surface area contributed by atoms with Crippen molar-refractivity contribution in [3.8, 4) is 0 Å². The summed E-state index contributed by atoms with van der Waals surface area (Å²) in [5.74, 6) is -2.43. The third-order valence-corrected chi connectivity index (χ3v) is 3.41. The maximum Gasteiger partial charge on any atom is 0.326 e. The second-order valence-electron chi connectivity index (χ2n) is 5.04. The molecule has 0 aliphatic heterocycles. The molecular formula is C15H20FNO4. The Kier molecular flexibility index (Phi) is 6.30. The summed E-state index contributed by atoms with van der Waals surface area (Å²) in [5.41, 5.74) is 0.278. The molecule has 0 saturated carbocycles. The summed E-state index contributed by atoms with van der Waals surface area (Å²) in [6, 6.07) is 4.32. The molecule has 0 radical (unpaired) electrons. The molecule has 0 aliphatic carbocycles. The average Bonchev–Trinajstić information content (AvgIpc) is 2.43. The zero-order valence-corrected chi connectivity index (χ0v) is 12.0. The molecule has 1 rings (SSSR count). The number of hydrogen-bond acceptors (Lipinski definition) is 3. The summed E-state index contributed by atoms with van der Waals surface area (Å²) >= 11 is 0. The molecule has 5 nitrogen and oxygen atoms in total. The van der Waals surface area contributed by atoms with Crippen molar-refractivity contribution in [1.82, 2.24) is 5.32 Å². The number of carbonyl (C=O) groups is 2. The van der Waals surface area contributed by atoms with Crippen LogP contribution in [0.15, 0.2) is 24.3 Å². The molecule has 0 spiro atoms.